The first kappa shape index (κ1) is 16.9. The van der Waals surface area contributed by atoms with Gasteiger partial charge in [-0.1, -0.05) is 48.0 Å². The number of hydrogen-bond acceptors (Lipinski definition) is 3. The summed E-state index contributed by atoms with van der Waals surface area (Å²) in [5, 5.41) is 15.8. The molecule has 5 heteroatoms. The minimum absolute atomic E-state index is 0.188. The quantitative estimate of drug-likeness (QED) is 0.626. The standard InChI is InChI=1S/C22H14ClN3O/c23-16-8-11-18-19(12-16)26-22(27)20(18)21(15-4-2-1-3-5-15)25-17-9-6-14(13-24)7-10-17/h1-12,25H,(H,26,27)/b21-20-. The van der Waals surface area contributed by atoms with Crippen molar-refractivity contribution in [3.63, 3.8) is 0 Å². The molecule has 0 fully saturated rings. The van der Waals surface area contributed by atoms with E-state index in [-0.39, 0.29) is 5.91 Å². The zero-order chi connectivity index (χ0) is 18.8. The second-order valence-electron chi connectivity index (χ2n) is 6.07. The second-order valence-corrected chi connectivity index (χ2v) is 6.51. The second kappa shape index (κ2) is 6.99. The molecule has 1 heterocycles. The van der Waals surface area contributed by atoms with E-state index < -0.39 is 0 Å². The first-order valence-corrected chi connectivity index (χ1v) is 8.71. The van der Waals surface area contributed by atoms with Crippen LogP contribution in [0.3, 0.4) is 0 Å². The molecule has 3 aromatic rings. The van der Waals surface area contributed by atoms with E-state index in [1.165, 1.54) is 0 Å². The monoisotopic (exact) mass is 371 g/mol. The Bertz CT molecular complexity index is 1100. The van der Waals surface area contributed by atoms with Crippen LogP contribution in [0.15, 0.2) is 72.8 Å². The van der Waals surface area contributed by atoms with Gasteiger partial charge in [0.2, 0.25) is 0 Å². The van der Waals surface area contributed by atoms with E-state index in [2.05, 4.69) is 16.7 Å². The lowest BCUT2D eigenvalue weighted by Gasteiger charge is -2.15. The third-order valence-electron chi connectivity index (χ3n) is 4.32. The summed E-state index contributed by atoms with van der Waals surface area (Å²) in [6, 6.07) is 24.2. The van der Waals surface area contributed by atoms with Gasteiger partial charge in [0.1, 0.15) is 0 Å². The van der Waals surface area contributed by atoms with Gasteiger partial charge < -0.3 is 10.6 Å². The number of nitriles is 1. The van der Waals surface area contributed by atoms with Gasteiger partial charge in [-0.2, -0.15) is 5.26 Å². The number of anilines is 2. The third kappa shape index (κ3) is 3.29. The van der Waals surface area contributed by atoms with Crippen molar-refractivity contribution < 1.29 is 4.79 Å². The Morgan fingerprint density at radius 3 is 2.44 bits per heavy atom. The average Bonchev–Trinajstić information content (AvgIpc) is 3.02. The van der Waals surface area contributed by atoms with E-state index in [0.29, 0.717) is 27.5 Å². The van der Waals surface area contributed by atoms with E-state index in [4.69, 9.17) is 16.9 Å². The Balaban J connectivity index is 1.87. The molecular formula is C22H14ClN3O. The summed E-state index contributed by atoms with van der Waals surface area (Å²) in [6.07, 6.45) is 0. The fourth-order valence-corrected chi connectivity index (χ4v) is 3.22. The van der Waals surface area contributed by atoms with Crippen LogP contribution in [0.4, 0.5) is 11.4 Å². The molecule has 27 heavy (non-hydrogen) atoms. The molecule has 0 aromatic heterocycles. The van der Waals surface area contributed by atoms with E-state index in [1.54, 1.807) is 24.3 Å². The fourth-order valence-electron chi connectivity index (χ4n) is 3.05. The van der Waals surface area contributed by atoms with Crippen LogP contribution in [-0.2, 0) is 4.79 Å². The smallest absolute Gasteiger partial charge is 0.258 e. The largest absolute Gasteiger partial charge is 0.354 e. The van der Waals surface area contributed by atoms with E-state index in [1.807, 2.05) is 48.5 Å². The van der Waals surface area contributed by atoms with Crippen molar-refractivity contribution in [1.29, 1.82) is 5.26 Å². The molecule has 0 spiro atoms. The summed E-state index contributed by atoms with van der Waals surface area (Å²) in [6.45, 7) is 0. The molecular weight excluding hydrogens is 358 g/mol. The highest BCUT2D eigenvalue weighted by molar-refractivity contribution is 6.38. The number of fused-ring (bicyclic) bond motifs is 1. The Morgan fingerprint density at radius 1 is 1.00 bits per heavy atom. The van der Waals surface area contributed by atoms with Crippen LogP contribution in [0.5, 0.6) is 0 Å². The molecule has 0 bridgehead atoms. The maximum absolute atomic E-state index is 12.8. The number of halogens is 1. The predicted molar refractivity (Wildman–Crippen MR) is 108 cm³/mol. The van der Waals surface area contributed by atoms with Crippen LogP contribution in [-0.4, -0.2) is 5.91 Å². The lowest BCUT2D eigenvalue weighted by molar-refractivity contribution is -0.110. The molecule has 130 valence electrons. The zero-order valence-electron chi connectivity index (χ0n) is 14.2. The van der Waals surface area contributed by atoms with E-state index in [0.717, 1.165) is 16.8 Å². The molecule has 0 saturated heterocycles. The lowest BCUT2D eigenvalue weighted by atomic mass is 10.00. The molecule has 4 rings (SSSR count). The van der Waals surface area contributed by atoms with Crippen LogP contribution in [0.2, 0.25) is 5.02 Å². The van der Waals surface area contributed by atoms with Crippen molar-refractivity contribution in [1.82, 2.24) is 0 Å². The number of hydrogen-bond donors (Lipinski definition) is 2. The summed E-state index contributed by atoms with van der Waals surface area (Å²) in [4.78, 5) is 12.8. The maximum atomic E-state index is 12.8. The Kier molecular flexibility index (Phi) is 4.37. The maximum Gasteiger partial charge on any atom is 0.258 e. The minimum Gasteiger partial charge on any atom is -0.354 e. The number of nitrogens with zero attached hydrogens (tertiary/aromatic N) is 1. The van der Waals surface area contributed by atoms with Crippen molar-refractivity contribution >= 4 is 40.2 Å². The van der Waals surface area contributed by atoms with Gasteiger partial charge in [0.25, 0.3) is 5.91 Å². The van der Waals surface area contributed by atoms with E-state index >= 15 is 0 Å². The fraction of sp³-hybridized carbons (Fsp3) is 0. The van der Waals surface area contributed by atoms with Gasteiger partial charge in [0.05, 0.1) is 28.6 Å². The number of carbonyl (C=O) groups is 1. The van der Waals surface area contributed by atoms with Crippen LogP contribution in [0.1, 0.15) is 16.7 Å². The highest BCUT2D eigenvalue weighted by Crippen LogP contribution is 2.38. The number of amides is 1. The van der Waals surface area contributed by atoms with Gasteiger partial charge in [-0.25, -0.2) is 0 Å². The SMILES string of the molecule is N#Cc1ccc(N/C(=C2\C(=O)Nc3cc(Cl)ccc32)c2ccccc2)cc1. The topological polar surface area (TPSA) is 64.9 Å². The molecule has 0 unspecified atom stereocenters. The van der Waals surface area contributed by atoms with Crippen molar-refractivity contribution in [3.8, 4) is 6.07 Å². The molecule has 4 nitrogen and oxygen atoms in total. The molecule has 1 amide bonds. The summed E-state index contributed by atoms with van der Waals surface area (Å²) < 4.78 is 0. The van der Waals surface area contributed by atoms with Crippen LogP contribution < -0.4 is 10.6 Å². The third-order valence-corrected chi connectivity index (χ3v) is 4.56. The molecule has 1 aliphatic heterocycles. The van der Waals surface area contributed by atoms with E-state index in [9.17, 15) is 4.79 Å². The zero-order valence-corrected chi connectivity index (χ0v) is 14.9. The highest BCUT2D eigenvalue weighted by Gasteiger charge is 2.28. The number of nitrogens with one attached hydrogen (secondary N) is 2. The van der Waals surface area contributed by atoms with Crippen molar-refractivity contribution in [2.24, 2.45) is 0 Å². The normalized spacial score (nSPS) is 14.1. The Hall–Kier alpha value is -3.55. The van der Waals surface area contributed by atoms with Crippen molar-refractivity contribution in [3.05, 3.63) is 94.5 Å². The van der Waals surface area contributed by atoms with Gasteiger partial charge in [-0.3, -0.25) is 4.79 Å². The van der Waals surface area contributed by atoms with Crippen LogP contribution in [0.25, 0.3) is 11.3 Å². The molecule has 2 N–H and O–H groups in total. The van der Waals surface area contributed by atoms with Gasteiger partial charge in [0.15, 0.2) is 0 Å². The predicted octanol–water partition coefficient (Wildman–Crippen LogP) is 5.14. The van der Waals surface area contributed by atoms with Gasteiger partial charge in [-0.05, 0) is 42.0 Å². The van der Waals surface area contributed by atoms with Crippen LogP contribution >= 0.6 is 11.6 Å². The first-order valence-electron chi connectivity index (χ1n) is 8.34. The number of rotatable bonds is 3. The summed E-state index contributed by atoms with van der Waals surface area (Å²) in [5.41, 5.74) is 4.98. The highest BCUT2D eigenvalue weighted by atomic mass is 35.5. The molecule has 0 radical (unpaired) electrons. The summed E-state index contributed by atoms with van der Waals surface area (Å²) in [7, 11) is 0. The summed E-state index contributed by atoms with van der Waals surface area (Å²) >= 11 is 6.06. The lowest BCUT2D eigenvalue weighted by Crippen LogP contribution is -2.10. The Morgan fingerprint density at radius 2 is 1.74 bits per heavy atom. The molecule has 0 saturated carbocycles. The van der Waals surface area contributed by atoms with Crippen LogP contribution in [0, 0.1) is 11.3 Å². The minimum atomic E-state index is -0.188. The molecule has 1 aliphatic rings. The van der Waals surface area contributed by atoms with Crippen molar-refractivity contribution in [2.75, 3.05) is 10.6 Å². The molecule has 0 aliphatic carbocycles. The average molecular weight is 372 g/mol. The van der Waals surface area contributed by atoms with Crippen molar-refractivity contribution in [2.45, 2.75) is 0 Å². The first-order chi connectivity index (χ1) is 13.2. The van der Waals surface area contributed by atoms with Gasteiger partial charge in [-0.15, -0.1) is 0 Å². The number of carbonyl (C=O) groups excluding carboxylic acids is 1. The Labute approximate surface area is 161 Å². The van der Waals surface area contributed by atoms with Gasteiger partial charge >= 0.3 is 0 Å². The summed E-state index contributed by atoms with van der Waals surface area (Å²) in [5.74, 6) is -0.188. The number of benzene rings is 3. The van der Waals surface area contributed by atoms with Gasteiger partial charge in [0, 0.05) is 16.3 Å². The molecule has 0 atom stereocenters. The molecule has 3 aromatic carbocycles.